The van der Waals surface area contributed by atoms with E-state index in [2.05, 4.69) is 10.6 Å². The van der Waals surface area contributed by atoms with Crippen molar-refractivity contribution >= 4 is 27.7 Å². The predicted molar refractivity (Wildman–Crippen MR) is 98.6 cm³/mol. The first-order valence-electron chi connectivity index (χ1n) is 9.09. The van der Waals surface area contributed by atoms with Crippen LogP contribution in [0.5, 0.6) is 0 Å². The summed E-state index contributed by atoms with van der Waals surface area (Å²) in [6, 6.07) is 4.23. The predicted octanol–water partition coefficient (Wildman–Crippen LogP) is 0.372. The second-order valence-corrected chi connectivity index (χ2v) is 9.31. The normalized spacial score (nSPS) is 23.7. The summed E-state index contributed by atoms with van der Waals surface area (Å²) in [5.74, 6) is -1.14. The molecule has 3 rings (SSSR count). The Bertz CT molecular complexity index is 889. The van der Waals surface area contributed by atoms with Crippen LogP contribution in [0.2, 0.25) is 0 Å². The molecule has 1 aromatic rings. The summed E-state index contributed by atoms with van der Waals surface area (Å²) in [5.41, 5.74) is 0.676. The van der Waals surface area contributed by atoms with E-state index < -0.39 is 33.9 Å². The zero-order valence-corrected chi connectivity index (χ0v) is 16.0. The van der Waals surface area contributed by atoms with Crippen molar-refractivity contribution in [3.63, 3.8) is 0 Å². The van der Waals surface area contributed by atoms with Crippen LogP contribution in [-0.4, -0.2) is 61.3 Å². The van der Waals surface area contributed by atoms with Gasteiger partial charge in [-0.3, -0.25) is 14.5 Å². The molecule has 2 aliphatic heterocycles. The van der Waals surface area contributed by atoms with E-state index in [1.165, 1.54) is 12.1 Å². The van der Waals surface area contributed by atoms with Gasteiger partial charge >= 0.3 is 6.03 Å². The lowest BCUT2D eigenvalue weighted by molar-refractivity contribution is -0.127. The van der Waals surface area contributed by atoms with E-state index >= 15 is 0 Å². The van der Waals surface area contributed by atoms with Gasteiger partial charge in [-0.1, -0.05) is 12.1 Å². The van der Waals surface area contributed by atoms with Gasteiger partial charge in [-0.05, 0) is 37.0 Å². The van der Waals surface area contributed by atoms with E-state index in [1.807, 2.05) is 0 Å². The summed E-state index contributed by atoms with van der Waals surface area (Å²) >= 11 is 0. The minimum atomic E-state index is -3.08. The highest BCUT2D eigenvalue weighted by Crippen LogP contribution is 2.15. The van der Waals surface area contributed by atoms with Crippen LogP contribution in [0.3, 0.4) is 0 Å². The molecular formula is C18H22FN3O5S. The Morgan fingerprint density at radius 3 is 2.79 bits per heavy atom. The minimum Gasteiger partial charge on any atom is -0.352 e. The number of carbonyl (C=O) groups excluding carboxylic acids is 3. The lowest BCUT2D eigenvalue weighted by Crippen LogP contribution is -2.37. The molecule has 2 heterocycles. The van der Waals surface area contributed by atoms with Crippen molar-refractivity contribution in [1.82, 2.24) is 15.5 Å². The van der Waals surface area contributed by atoms with Crippen molar-refractivity contribution in [2.24, 2.45) is 0 Å². The van der Waals surface area contributed by atoms with Gasteiger partial charge in [-0.15, -0.1) is 0 Å². The third kappa shape index (κ3) is 5.06. The second-order valence-electron chi connectivity index (χ2n) is 7.08. The number of hydrogen-bond acceptors (Lipinski definition) is 5. The summed E-state index contributed by atoms with van der Waals surface area (Å²) in [6.07, 6.45) is 0.860. The van der Waals surface area contributed by atoms with E-state index in [0.29, 0.717) is 18.4 Å². The molecule has 0 radical (unpaired) electrons. The number of imide groups is 1. The highest BCUT2D eigenvalue weighted by atomic mass is 32.2. The smallest absolute Gasteiger partial charge is 0.324 e. The number of urea groups is 1. The molecule has 0 spiro atoms. The zero-order valence-electron chi connectivity index (χ0n) is 15.2. The van der Waals surface area contributed by atoms with Crippen LogP contribution in [0.1, 0.15) is 24.8 Å². The Labute approximate surface area is 162 Å². The average Bonchev–Trinajstić information content (AvgIpc) is 3.09. The van der Waals surface area contributed by atoms with Crippen molar-refractivity contribution in [2.75, 3.05) is 18.1 Å². The highest BCUT2D eigenvalue weighted by Gasteiger charge is 2.37. The number of amides is 4. The maximum atomic E-state index is 13.2. The fourth-order valence-electron chi connectivity index (χ4n) is 3.40. The van der Waals surface area contributed by atoms with Gasteiger partial charge in [-0.2, -0.15) is 0 Å². The summed E-state index contributed by atoms with van der Waals surface area (Å²) < 4.78 is 36.1. The third-order valence-corrected chi connectivity index (χ3v) is 6.65. The molecule has 2 fully saturated rings. The first-order valence-corrected chi connectivity index (χ1v) is 10.9. The molecule has 2 saturated heterocycles. The largest absolute Gasteiger partial charge is 0.352 e. The van der Waals surface area contributed by atoms with Crippen LogP contribution in [0.25, 0.3) is 0 Å². The monoisotopic (exact) mass is 411 g/mol. The number of sulfone groups is 1. The molecule has 8 nitrogen and oxygen atoms in total. The summed E-state index contributed by atoms with van der Waals surface area (Å²) in [7, 11) is -3.08. The summed E-state index contributed by atoms with van der Waals surface area (Å²) in [5, 5.41) is 5.21. The molecule has 152 valence electrons. The number of hydrogen-bond donors (Lipinski definition) is 2. The summed E-state index contributed by atoms with van der Waals surface area (Å²) in [6.45, 7) is 0.122. The fourth-order valence-corrected chi connectivity index (χ4v) is 5.08. The van der Waals surface area contributed by atoms with Gasteiger partial charge in [0.15, 0.2) is 9.84 Å². The third-order valence-electron chi connectivity index (χ3n) is 4.88. The standard InChI is InChI=1S/C18H22FN3O5S/c19-13-3-1-2-12(10-13)6-8-22-17(24)15(21-18(22)25)4-5-16(23)20-14-7-9-28(26,27)11-14/h1-3,10,14-15H,4-9,11H2,(H,20,23)(H,21,25)/t14-,15-/m1/s1. The Morgan fingerprint density at radius 1 is 1.32 bits per heavy atom. The van der Waals surface area contributed by atoms with Crippen LogP contribution in [0, 0.1) is 5.82 Å². The molecule has 2 N–H and O–H groups in total. The molecule has 0 aromatic heterocycles. The highest BCUT2D eigenvalue weighted by molar-refractivity contribution is 7.91. The fraction of sp³-hybridized carbons (Fsp3) is 0.500. The van der Waals surface area contributed by atoms with Gasteiger partial charge in [0.1, 0.15) is 11.9 Å². The number of nitrogens with one attached hydrogen (secondary N) is 2. The maximum Gasteiger partial charge on any atom is 0.324 e. The van der Waals surface area contributed by atoms with Gasteiger partial charge in [0.2, 0.25) is 5.91 Å². The SMILES string of the molecule is O=C(CC[C@H]1NC(=O)N(CCc2cccc(F)c2)C1=O)N[C@@H]1CCS(=O)(=O)C1. The van der Waals surface area contributed by atoms with Crippen LogP contribution < -0.4 is 10.6 Å². The minimum absolute atomic E-state index is 0.00493. The van der Waals surface area contributed by atoms with E-state index in [9.17, 15) is 27.2 Å². The van der Waals surface area contributed by atoms with Gasteiger partial charge in [0, 0.05) is 19.0 Å². The lowest BCUT2D eigenvalue weighted by Gasteiger charge is -2.14. The number of rotatable bonds is 7. The summed E-state index contributed by atoms with van der Waals surface area (Å²) in [4.78, 5) is 37.5. The Hall–Kier alpha value is -2.49. The molecule has 2 atom stereocenters. The van der Waals surface area contributed by atoms with Crippen LogP contribution in [0.15, 0.2) is 24.3 Å². The molecular weight excluding hydrogens is 389 g/mol. The van der Waals surface area contributed by atoms with Crippen LogP contribution in [-0.2, 0) is 25.8 Å². The van der Waals surface area contributed by atoms with Gasteiger partial charge in [0.25, 0.3) is 5.91 Å². The van der Waals surface area contributed by atoms with Gasteiger partial charge in [0.05, 0.1) is 11.5 Å². The number of carbonyl (C=O) groups is 3. The molecule has 10 heteroatoms. The lowest BCUT2D eigenvalue weighted by atomic mass is 10.1. The molecule has 0 aliphatic carbocycles. The van der Waals surface area contributed by atoms with E-state index in [-0.39, 0.29) is 42.6 Å². The molecule has 0 saturated carbocycles. The first kappa shape index (κ1) is 20.2. The van der Waals surface area contributed by atoms with Crippen molar-refractivity contribution in [3.05, 3.63) is 35.6 Å². The van der Waals surface area contributed by atoms with Crippen molar-refractivity contribution < 1.29 is 27.2 Å². The molecule has 0 bridgehead atoms. The van der Waals surface area contributed by atoms with Crippen LogP contribution >= 0.6 is 0 Å². The van der Waals surface area contributed by atoms with E-state index in [4.69, 9.17) is 0 Å². The van der Waals surface area contributed by atoms with Gasteiger partial charge in [-0.25, -0.2) is 17.6 Å². The Morgan fingerprint density at radius 2 is 2.11 bits per heavy atom. The number of nitrogens with zero attached hydrogens (tertiary/aromatic N) is 1. The van der Waals surface area contributed by atoms with Crippen molar-refractivity contribution in [1.29, 1.82) is 0 Å². The molecule has 0 unspecified atom stereocenters. The van der Waals surface area contributed by atoms with Crippen molar-refractivity contribution in [2.45, 2.75) is 37.8 Å². The molecule has 2 aliphatic rings. The average molecular weight is 411 g/mol. The zero-order chi connectivity index (χ0) is 20.3. The van der Waals surface area contributed by atoms with E-state index in [0.717, 1.165) is 4.90 Å². The molecule has 1 aromatic carbocycles. The quantitative estimate of drug-likeness (QED) is 0.630. The van der Waals surface area contributed by atoms with Crippen LogP contribution in [0.4, 0.5) is 9.18 Å². The second kappa shape index (κ2) is 8.26. The topological polar surface area (TPSA) is 113 Å². The maximum absolute atomic E-state index is 13.2. The number of benzene rings is 1. The molecule has 28 heavy (non-hydrogen) atoms. The number of halogens is 1. The van der Waals surface area contributed by atoms with E-state index in [1.54, 1.807) is 12.1 Å². The van der Waals surface area contributed by atoms with Gasteiger partial charge < -0.3 is 10.6 Å². The molecule has 4 amide bonds. The first-order chi connectivity index (χ1) is 13.2. The van der Waals surface area contributed by atoms with Crippen molar-refractivity contribution in [3.8, 4) is 0 Å². The Kier molecular flexibility index (Phi) is 5.97. The Balaban J connectivity index is 1.46.